The first-order chi connectivity index (χ1) is 13.0. The van der Waals surface area contributed by atoms with Crippen molar-refractivity contribution in [2.24, 2.45) is 0 Å². The molecule has 0 aliphatic carbocycles. The van der Waals surface area contributed by atoms with E-state index in [9.17, 15) is 4.79 Å². The molecule has 1 aromatic heterocycles. The first-order valence-corrected chi connectivity index (χ1v) is 9.12. The summed E-state index contributed by atoms with van der Waals surface area (Å²) in [4.78, 5) is 20.8. The molecule has 1 atom stereocenters. The Morgan fingerprint density at radius 2 is 1.85 bits per heavy atom. The van der Waals surface area contributed by atoms with Gasteiger partial charge >= 0.3 is 0 Å². The van der Waals surface area contributed by atoms with Crippen LogP contribution in [-0.2, 0) is 0 Å². The van der Waals surface area contributed by atoms with Crippen molar-refractivity contribution in [3.63, 3.8) is 0 Å². The quantitative estimate of drug-likeness (QED) is 0.667. The average Bonchev–Trinajstić information content (AvgIpc) is 2.68. The molecule has 3 rings (SSSR count). The Kier molecular flexibility index (Phi) is 5.81. The second-order valence-electron chi connectivity index (χ2n) is 6.64. The number of hydrogen-bond acceptors (Lipinski definition) is 4. The van der Waals surface area contributed by atoms with E-state index in [1.807, 2.05) is 56.3 Å². The van der Waals surface area contributed by atoms with Gasteiger partial charge in [0.05, 0.1) is 5.69 Å². The fourth-order valence-corrected chi connectivity index (χ4v) is 2.65. The van der Waals surface area contributed by atoms with Crippen molar-refractivity contribution in [3.05, 3.63) is 72.1 Å². The van der Waals surface area contributed by atoms with Gasteiger partial charge in [0.25, 0.3) is 5.91 Å². The van der Waals surface area contributed by atoms with Crippen LogP contribution in [0.15, 0.2) is 60.9 Å². The molecule has 0 spiro atoms. The third kappa shape index (κ3) is 4.91. The lowest BCUT2D eigenvalue weighted by Gasteiger charge is -2.12. The zero-order chi connectivity index (χ0) is 19.2. The highest BCUT2D eigenvalue weighted by Crippen LogP contribution is 2.22. The molecular weight excluding hydrogens is 336 g/mol. The number of hydrogen-bond donors (Lipinski definition) is 2. The number of amides is 1. The van der Waals surface area contributed by atoms with Gasteiger partial charge in [-0.05, 0) is 50.6 Å². The summed E-state index contributed by atoms with van der Waals surface area (Å²) in [5, 5.41) is 6.23. The largest absolute Gasteiger partial charge is 0.350 e. The number of aromatic nitrogens is 2. The average molecular weight is 360 g/mol. The van der Waals surface area contributed by atoms with Crippen molar-refractivity contribution >= 4 is 17.4 Å². The van der Waals surface area contributed by atoms with Crippen LogP contribution >= 0.6 is 0 Å². The predicted octanol–water partition coefficient (Wildman–Crippen LogP) is 4.72. The third-order valence-corrected chi connectivity index (χ3v) is 4.39. The fourth-order valence-electron chi connectivity index (χ4n) is 2.65. The Labute approximate surface area is 159 Å². The minimum Gasteiger partial charge on any atom is -0.350 e. The molecular formula is C22H24N4O. The fraction of sp³-hybridized carbons (Fsp3) is 0.227. The summed E-state index contributed by atoms with van der Waals surface area (Å²) in [7, 11) is 0. The number of carbonyl (C=O) groups excluding carboxylic acids is 1. The number of aryl methyl sites for hydroxylation is 1. The summed E-state index contributed by atoms with van der Waals surface area (Å²) in [5.74, 6) is 0.651. The van der Waals surface area contributed by atoms with Gasteiger partial charge in [0.2, 0.25) is 0 Å². The molecule has 5 nitrogen and oxygen atoms in total. The van der Waals surface area contributed by atoms with Crippen LogP contribution in [-0.4, -0.2) is 21.9 Å². The molecule has 0 saturated carbocycles. The van der Waals surface area contributed by atoms with Crippen molar-refractivity contribution in [2.75, 3.05) is 5.32 Å². The SMILES string of the molecule is CC[C@@H](C)NC(=O)c1ccc(Nc2cc(-c3cccc(C)c3)ncn2)cc1. The number of rotatable bonds is 6. The molecule has 2 aromatic carbocycles. The highest BCUT2D eigenvalue weighted by molar-refractivity contribution is 5.94. The van der Waals surface area contributed by atoms with Gasteiger partial charge in [-0.2, -0.15) is 0 Å². The second-order valence-corrected chi connectivity index (χ2v) is 6.64. The van der Waals surface area contributed by atoms with E-state index in [0.29, 0.717) is 11.4 Å². The molecule has 1 heterocycles. The van der Waals surface area contributed by atoms with Crippen LogP contribution in [0.5, 0.6) is 0 Å². The normalized spacial score (nSPS) is 11.7. The molecule has 138 valence electrons. The number of benzene rings is 2. The number of nitrogens with zero attached hydrogens (tertiary/aromatic N) is 2. The number of carbonyl (C=O) groups is 1. The summed E-state index contributed by atoms with van der Waals surface area (Å²) in [6.07, 6.45) is 2.45. The lowest BCUT2D eigenvalue weighted by Crippen LogP contribution is -2.31. The summed E-state index contributed by atoms with van der Waals surface area (Å²) in [6.45, 7) is 6.10. The lowest BCUT2D eigenvalue weighted by atomic mass is 10.1. The van der Waals surface area contributed by atoms with E-state index >= 15 is 0 Å². The van der Waals surface area contributed by atoms with Crippen LogP contribution in [0.4, 0.5) is 11.5 Å². The molecule has 1 amide bonds. The van der Waals surface area contributed by atoms with Gasteiger partial charge in [0.15, 0.2) is 0 Å². The van der Waals surface area contributed by atoms with Gasteiger partial charge in [0, 0.05) is 28.9 Å². The minimum atomic E-state index is -0.0559. The van der Waals surface area contributed by atoms with Crippen molar-refractivity contribution < 1.29 is 4.79 Å². The third-order valence-electron chi connectivity index (χ3n) is 4.39. The van der Waals surface area contributed by atoms with Crippen LogP contribution in [0.3, 0.4) is 0 Å². The molecule has 0 unspecified atom stereocenters. The molecule has 0 fully saturated rings. The Balaban J connectivity index is 1.72. The zero-order valence-corrected chi connectivity index (χ0v) is 15.9. The van der Waals surface area contributed by atoms with Crippen LogP contribution in [0, 0.1) is 6.92 Å². The summed E-state index contributed by atoms with van der Waals surface area (Å²) in [6, 6.07) is 17.6. The predicted molar refractivity (Wildman–Crippen MR) is 109 cm³/mol. The van der Waals surface area contributed by atoms with E-state index < -0.39 is 0 Å². The second kappa shape index (κ2) is 8.45. The smallest absolute Gasteiger partial charge is 0.251 e. The zero-order valence-electron chi connectivity index (χ0n) is 15.9. The van der Waals surface area contributed by atoms with Crippen molar-refractivity contribution in [2.45, 2.75) is 33.2 Å². The summed E-state index contributed by atoms with van der Waals surface area (Å²) >= 11 is 0. The van der Waals surface area contributed by atoms with Gasteiger partial charge in [-0.3, -0.25) is 4.79 Å². The van der Waals surface area contributed by atoms with E-state index in [2.05, 4.69) is 39.7 Å². The van der Waals surface area contributed by atoms with Gasteiger partial charge < -0.3 is 10.6 Å². The molecule has 0 saturated heterocycles. The summed E-state index contributed by atoms with van der Waals surface area (Å²) in [5.41, 5.74) is 4.61. The maximum absolute atomic E-state index is 12.2. The molecule has 27 heavy (non-hydrogen) atoms. The topological polar surface area (TPSA) is 66.9 Å². The maximum atomic E-state index is 12.2. The molecule has 0 aliphatic rings. The van der Waals surface area contributed by atoms with Gasteiger partial charge in [-0.15, -0.1) is 0 Å². The van der Waals surface area contributed by atoms with E-state index in [0.717, 1.165) is 23.4 Å². The molecule has 0 radical (unpaired) electrons. The Morgan fingerprint density at radius 1 is 1.07 bits per heavy atom. The van der Waals surface area contributed by atoms with Gasteiger partial charge in [-0.1, -0.05) is 30.7 Å². The van der Waals surface area contributed by atoms with Crippen LogP contribution in [0.1, 0.15) is 36.2 Å². The highest BCUT2D eigenvalue weighted by atomic mass is 16.1. The molecule has 2 N–H and O–H groups in total. The van der Waals surface area contributed by atoms with Crippen molar-refractivity contribution in [3.8, 4) is 11.3 Å². The van der Waals surface area contributed by atoms with Gasteiger partial charge in [-0.25, -0.2) is 9.97 Å². The van der Waals surface area contributed by atoms with Crippen molar-refractivity contribution in [1.29, 1.82) is 0 Å². The van der Waals surface area contributed by atoms with Crippen LogP contribution in [0.25, 0.3) is 11.3 Å². The summed E-state index contributed by atoms with van der Waals surface area (Å²) < 4.78 is 0. The Hall–Kier alpha value is -3.21. The first-order valence-electron chi connectivity index (χ1n) is 9.12. The van der Waals surface area contributed by atoms with E-state index in [4.69, 9.17) is 0 Å². The lowest BCUT2D eigenvalue weighted by molar-refractivity contribution is 0.0939. The number of nitrogens with one attached hydrogen (secondary N) is 2. The molecule has 0 aliphatic heterocycles. The Bertz CT molecular complexity index is 922. The first kappa shape index (κ1) is 18.6. The maximum Gasteiger partial charge on any atom is 0.251 e. The van der Waals surface area contributed by atoms with Crippen LogP contribution in [0.2, 0.25) is 0 Å². The van der Waals surface area contributed by atoms with Crippen LogP contribution < -0.4 is 10.6 Å². The molecule has 3 aromatic rings. The monoisotopic (exact) mass is 360 g/mol. The van der Waals surface area contributed by atoms with Gasteiger partial charge in [0.1, 0.15) is 12.1 Å². The molecule has 5 heteroatoms. The van der Waals surface area contributed by atoms with E-state index in [1.165, 1.54) is 5.56 Å². The van der Waals surface area contributed by atoms with E-state index in [-0.39, 0.29) is 11.9 Å². The van der Waals surface area contributed by atoms with E-state index in [1.54, 1.807) is 6.33 Å². The number of anilines is 2. The van der Waals surface area contributed by atoms with Crippen molar-refractivity contribution in [1.82, 2.24) is 15.3 Å². The minimum absolute atomic E-state index is 0.0559. The molecule has 0 bridgehead atoms. The highest BCUT2D eigenvalue weighted by Gasteiger charge is 2.08. The Morgan fingerprint density at radius 3 is 2.56 bits per heavy atom. The standard InChI is InChI=1S/C22H24N4O/c1-4-16(3)25-22(27)17-8-10-19(11-9-17)26-21-13-20(23-14-24-21)18-7-5-6-15(2)12-18/h5-14,16H,4H2,1-3H3,(H,25,27)(H,23,24,26)/t16-/m1/s1.